The van der Waals surface area contributed by atoms with Crippen LogP contribution in [0.4, 0.5) is 11.5 Å². The number of hydrogen-bond acceptors (Lipinski definition) is 5. The van der Waals surface area contributed by atoms with Crippen molar-refractivity contribution in [1.29, 1.82) is 0 Å². The first-order chi connectivity index (χ1) is 10.3. The number of halogens is 2. The lowest BCUT2D eigenvalue weighted by Crippen LogP contribution is -2.36. The highest BCUT2D eigenvalue weighted by atomic mass is 35.5. The third-order valence-corrected chi connectivity index (χ3v) is 3.96. The van der Waals surface area contributed by atoms with Gasteiger partial charge in [0.05, 0.1) is 25.1 Å². The van der Waals surface area contributed by atoms with Crippen LogP contribution in [-0.2, 0) is 9.53 Å². The lowest BCUT2D eigenvalue weighted by Gasteiger charge is -2.27. The zero-order valence-electron chi connectivity index (χ0n) is 13.0. The summed E-state index contributed by atoms with van der Waals surface area (Å²) < 4.78 is 5.33. The van der Waals surface area contributed by atoms with Gasteiger partial charge < -0.3 is 20.3 Å². The van der Waals surface area contributed by atoms with Crippen LogP contribution in [0, 0.1) is 0 Å². The zero-order valence-corrected chi connectivity index (χ0v) is 14.6. The molecule has 1 unspecified atom stereocenters. The van der Waals surface area contributed by atoms with Crippen molar-refractivity contribution in [3.8, 4) is 0 Å². The molecule has 2 N–H and O–H groups in total. The van der Waals surface area contributed by atoms with Gasteiger partial charge in [-0.3, -0.25) is 4.79 Å². The molecule has 1 aromatic heterocycles. The molecule has 2 saturated heterocycles. The minimum atomic E-state index is 0. The van der Waals surface area contributed by atoms with Gasteiger partial charge in [-0.15, -0.1) is 24.8 Å². The molecule has 3 rings (SSSR count). The minimum absolute atomic E-state index is 0. The van der Waals surface area contributed by atoms with E-state index in [0.717, 1.165) is 57.2 Å². The maximum absolute atomic E-state index is 11.9. The fourth-order valence-electron chi connectivity index (χ4n) is 2.81. The van der Waals surface area contributed by atoms with Crippen LogP contribution in [0.2, 0.25) is 0 Å². The van der Waals surface area contributed by atoms with E-state index in [1.165, 1.54) is 0 Å². The van der Waals surface area contributed by atoms with Gasteiger partial charge in [-0.25, -0.2) is 4.98 Å². The van der Waals surface area contributed by atoms with E-state index in [1.807, 2.05) is 12.1 Å². The second kappa shape index (κ2) is 9.93. The lowest BCUT2D eigenvalue weighted by atomic mass is 10.1. The quantitative estimate of drug-likeness (QED) is 0.855. The Morgan fingerprint density at radius 3 is 2.74 bits per heavy atom. The van der Waals surface area contributed by atoms with Crippen LogP contribution in [0.15, 0.2) is 18.3 Å². The summed E-state index contributed by atoms with van der Waals surface area (Å²) in [6.07, 6.45) is 4.51. The van der Waals surface area contributed by atoms with Crippen LogP contribution in [-0.4, -0.2) is 49.8 Å². The van der Waals surface area contributed by atoms with Crippen molar-refractivity contribution in [1.82, 2.24) is 10.3 Å². The Bertz CT molecular complexity index is 475. The van der Waals surface area contributed by atoms with Crippen molar-refractivity contribution in [2.75, 3.05) is 43.1 Å². The van der Waals surface area contributed by atoms with Crippen LogP contribution in [0.3, 0.4) is 0 Å². The molecule has 2 fully saturated rings. The SMILES string of the molecule is Cl.Cl.O=C(CC1CCCN1)Nc1ccc(N2CCOCC2)nc1. The first kappa shape index (κ1) is 20.0. The van der Waals surface area contributed by atoms with Crippen LogP contribution < -0.4 is 15.5 Å². The fraction of sp³-hybridized carbons (Fsp3) is 0.600. The molecule has 2 aliphatic heterocycles. The van der Waals surface area contributed by atoms with E-state index in [-0.39, 0.29) is 30.7 Å². The van der Waals surface area contributed by atoms with E-state index in [9.17, 15) is 4.79 Å². The van der Waals surface area contributed by atoms with Gasteiger partial charge in [-0.05, 0) is 31.5 Å². The zero-order chi connectivity index (χ0) is 14.5. The first-order valence-electron chi connectivity index (χ1n) is 7.63. The van der Waals surface area contributed by atoms with E-state index in [1.54, 1.807) is 6.20 Å². The molecule has 0 saturated carbocycles. The molecule has 0 radical (unpaired) electrons. The van der Waals surface area contributed by atoms with Crippen molar-refractivity contribution in [2.45, 2.75) is 25.3 Å². The predicted molar refractivity (Wildman–Crippen MR) is 96.0 cm³/mol. The maximum atomic E-state index is 11.9. The van der Waals surface area contributed by atoms with Gasteiger partial charge in [0.25, 0.3) is 0 Å². The number of hydrogen-bond donors (Lipinski definition) is 2. The number of anilines is 2. The largest absolute Gasteiger partial charge is 0.378 e. The van der Waals surface area contributed by atoms with Crippen molar-refractivity contribution in [3.05, 3.63) is 18.3 Å². The highest BCUT2D eigenvalue weighted by Gasteiger charge is 2.18. The molecule has 8 heteroatoms. The van der Waals surface area contributed by atoms with Gasteiger partial charge in [-0.1, -0.05) is 0 Å². The number of nitrogens with one attached hydrogen (secondary N) is 2. The van der Waals surface area contributed by atoms with E-state index >= 15 is 0 Å². The Hall–Kier alpha value is -1.08. The Morgan fingerprint density at radius 1 is 1.35 bits per heavy atom. The number of morpholine rings is 1. The number of ether oxygens (including phenoxy) is 1. The summed E-state index contributed by atoms with van der Waals surface area (Å²) >= 11 is 0. The summed E-state index contributed by atoms with van der Waals surface area (Å²) in [5.41, 5.74) is 0.759. The lowest BCUT2D eigenvalue weighted by molar-refractivity contribution is -0.116. The van der Waals surface area contributed by atoms with Crippen molar-refractivity contribution in [2.24, 2.45) is 0 Å². The van der Waals surface area contributed by atoms with E-state index in [2.05, 4.69) is 20.5 Å². The third-order valence-electron chi connectivity index (χ3n) is 3.96. The summed E-state index contributed by atoms with van der Waals surface area (Å²) in [4.78, 5) is 18.6. The van der Waals surface area contributed by atoms with Gasteiger partial charge >= 0.3 is 0 Å². The van der Waals surface area contributed by atoms with Crippen LogP contribution >= 0.6 is 24.8 Å². The standard InChI is InChI=1S/C15H22N4O2.2ClH/c20-15(10-12-2-1-5-16-12)18-13-3-4-14(17-11-13)19-6-8-21-9-7-19;;/h3-4,11-12,16H,1-2,5-10H2,(H,18,20);2*1H. The molecule has 1 atom stereocenters. The Morgan fingerprint density at radius 2 is 2.13 bits per heavy atom. The van der Waals surface area contributed by atoms with Crippen LogP contribution in [0.5, 0.6) is 0 Å². The summed E-state index contributed by atoms with van der Waals surface area (Å²) in [5.74, 6) is 0.990. The van der Waals surface area contributed by atoms with Crippen LogP contribution in [0.1, 0.15) is 19.3 Å². The van der Waals surface area contributed by atoms with Gasteiger partial charge in [0, 0.05) is 25.6 Å². The Balaban J connectivity index is 0.00000132. The second-order valence-electron chi connectivity index (χ2n) is 5.55. The topological polar surface area (TPSA) is 66.5 Å². The number of amides is 1. The number of pyridine rings is 1. The number of carbonyl (C=O) groups is 1. The summed E-state index contributed by atoms with van der Waals surface area (Å²) in [5, 5.41) is 6.24. The van der Waals surface area contributed by atoms with E-state index in [4.69, 9.17) is 4.74 Å². The third kappa shape index (κ3) is 5.80. The average molecular weight is 363 g/mol. The molecule has 1 aromatic rings. The van der Waals surface area contributed by atoms with Crippen molar-refractivity contribution >= 4 is 42.2 Å². The van der Waals surface area contributed by atoms with Gasteiger partial charge in [-0.2, -0.15) is 0 Å². The molecular formula is C15H24Cl2N4O2. The number of aromatic nitrogens is 1. The monoisotopic (exact) mass is 362 g/mol. The average Bonchev–Trinajstić information content (AvgIpc) is 3.02. The molecule has 2 aliphatic rings. The molecule has 130 valence electrons. The Kier molecular flexibility index (Phi) is 8.62. The number of rotatable bonds is 4. The highest BCUT2D eigenvalue weighted by molar-refractivity contribution is 5.91. The number of nitrogens with zero attached hydrogens (tertiary/aromatic N) is 2. The molecule has 6 nitrogen and oxygen atoms in total. The first-order valence-corrected chi connectivity index (χ1v) is 7.63. The van der Waals surface area contributed by atoms with E-state index < -0.39 is 0 Å². The van der Waals surface area contributed by atoms with Gasteiger partial charge in [0.1, 0.15) is 5.82 Å². The molecule has 0 aromatic carbocycles. The fourth-order valence-corrected chi connectivity index (χ4v) is 2.81. The van der Waals surface area contributed by atoms with Crippen molar-refractivity contribution < 1.29 is 9.53 Å². The summed E-state index contributed by atoms with van der Waals surface area (Å²) in [7, 11) is 0. The van der Waals surface area contributed by atoms with Gasteiger partial charge in [0.15, 0.2) is 0 Å². The predicted octanol–water partition coefficient (Wildman–Crippen LogP) is 1.84. The normalized spacial score (nSPS) is 20.3. The van der Waals surface area contributed by atoms with Crippen LogP contribution in [0.25, 0.3) is 0 Å². The summed E-state index contributed by atoms with van der Waals surface area (Å²) in [6, 6.07) is 4.19. The minimum Gasteiger partial charge on any atom is -0.378 e. The van der Waals surface area contributed by atoms with E-state index in [0.29, 0.717) is 12.5 Å². The second-order valence-corrected chi connectivity index (χ2v) is 5.55. The highest BCUT2D eigenvalue weighted by Crippen LogP contribution is 2.16. The van der Waals surface area contributed by atoms with Crippen molar-refractivity contribution in [3.63, 3.8) is 0 Å². The molecule has 1 amide bonds. The smallest absolute Gasteiger partial charge is 0.225 e. The Labute approximate surface area is 149 Å². The molecule has 3 heterocycles. The summed E-state index contributed by atoms with van der Waals surface area (Å²) in [6.45, 7) is 4.25. The van der Waals surface area contributed by atoms with Gasteiger partial charge in [0.2, 0.25) is 5.91 Å². The molecule has 0 bridgehead atoms. The molecule has 23 heavy (non-hydrogen) atoms. The molecule has 0 aliphatic carbocycles. The maximum Gasteiger partial charge on any atom is 0.225 e. The molecular weight excluding hydrogens is 339 g/mol. The molecule has 0 spiro atoms. The number of carbonyl (C=O) groups excluding carboxylic acids is 1.